The van der Waals surface area contributed by atoms with Crippen molar-refractivity contribution in [1.82, 2.24) is 9.88 Å². The van der Waals surface area contributed by atoms with E-state index in [1.54, 1.807) is 0 Å². The second-order valence-corrected chi connectivity index (χ2v) is 10.4. The molecule has 40 heavy (non-hydrogen) atoms. The van der Waals surface area contributed by atoms with Gasteiger partial charge in [0.15, 0.2) is 0 Å². The molecular formula is C34H40N4O2. The predicted octanol–water partition coefficient (Wildman–Crippen LogP) is 7.68. The Bertz CT molecular complexity index is 1470. The summed E-state index contributed by atoms with van der Waals surface area (Å²) in [6.07, 6.45) is 4.51. The molecular weight excluding hydrogens is 496 g/mol. The van der Waals surface area contributed by atoms with Gasteiger partial charge < -0.3 is 10.6 Å². The number of pyridine rings is 1. The molecule has 6 heteroatoms. The van der Waals surface area contributed by atoms with Gasteiger partial charge in [-0.2, -0.15) is 0 Å². The smallest absolute Gasteiger partial charge is 0.255 e. The summed E-state index contributed by atoms with van der Waals surface area (Å²) >= 11 is 0. The number of nitrogens with zero attached hydrogens (tertiary/aromatic N) is 2. The first-order valence-electron chi connectivity index (χ1n) is 14.3. The standard InChI is InChI=1S/C32H34N4O2.C2H6/c1-21(2)31(37)34-28-8-6-7-26(18-28)24-9-11-25(12-10-24)32(38)35-29-14-13-27-17-23(19-33-30(27)22(29)3)20-36-15-4-5-16-36;1-2/h6-14,17-19,21H,4-5,15-16,20H2,1-3H3,(H,34,37)(H,35,38);1-2H3. The third-order valence-electron chi connectivity index (χ3n) is 7.15. The number of nitrogens with one attached hydrogen (secondary N) is 2. The van der Waals surface area contributed by atoms with E-state index in [0.717, 1.165) is 58.6 Å². The lowest BCUT2D eigenvalue weighted by Crippen LogP contribution is -2.18. The molecule has 2 heterocycles. The maximum absolute atomic E-state index is 13.1. The molecule has 1 fully saturated rings. The van der Waals surface area contributed by atoms with Crippen LogP contribution in [0.5, 0.6) is 0 Å². The van der Waals surface area contributed by atoms with Crippen LogP contribution in [0.3, 0.4) is 0 Å². The van der Waals surface area contributed by atoms with E-state index in [4.69, 9.17) is 4.98 Å². The molecule has 2 amide bonds. The van der Waals surface area contributed by atoms with Gasteiger partial charge >= 0.3 is 0 Å². The Morgan fingerprint density at radius 1 is 0.900 bits per heavy atom. The van der Waals surface area contributed by atoms with E-state index in [-0.39, 0.29) is 17.7 Å². The highest BCUT2D eigenvalue weighted by Crippen LogP contribution is 2.27. The molecule has 4 aromatic rings. The Kier molecular flexibility index (Phi) is 9.67. The number of aryl methyl sites for hydroxylation is 1. The van der Waals surface area contributed by atoms with Crippen LogP contribution in [0.25, 0.3) is 22.0 Å². The Hall–Kier alpha value is -4.03. The van der Waals surface area contributed by atoms with Crippen LogP contribution in [0.2, 0.25) is 0 Å². The number of carbonyl (C=O) groups is 2. The number of benzene rings is 3. The van der Waals surface area contributed by atoms with Crippen molar-refractivity contribution < 1.29 is 9.59 Å². The maximum Gasteiger partial charge on any atom is 0.255 e. The summed E-state index contributed by atoms with van der Waals surface area (Å²) in [5.74, 6) is -0.269. The molecule has 3 aromatic carbocycles. The van der Waals surface area contributed by atoms with Gasteiger partial charge in [0, 0.05) is 41.0 Å². The van der Waals surface area contributed by atoms with Crippen LogP contribution in [-0.4, -0.2) is 34.8 Å². The zero-order valence-corrected chi connectivity index (χ0v) is 24.3. The van der Waals surface area contributed by atoms with Crippen LogP contribution in [0.15, 0.2) is 72.9 Å². The molecule has 0 spiro atoms. The number of carbonyl (C=O) groups excluding carboxylic acids is 2. The Morgan fingerprint density at radius 2 is 1.62 bits per heavy atom. The summed E-state index contributed by atoms with van der Waals surface area (Å²) in [5.41, 5.74) is 7.13. The first kappa shape index (κ1) is 29.0. The van der Waals surface area contributed by atoms with Gasteiger partial charge in [-0.3, -0.25) is 19.5 Å². The van der Waals surface area contributed by atoms with Crippen molar-refractivity contribution in [3.8, 4) is 11.1 Å². The van der Waals surface area contributed by atoms with Gasteiger partial charge in [0.25, 0.3) is 5.91 Å². The molecule has 0 aliphatic carbocycles. The van der Waals surface area contributed by atoms with E-state index < -0.39 is 0 Å². The number of fused-ring (bicyclic) bond motifs is 1. The fourth-order valence-electron chi connectivity index (χ4n) is 4.89. The van der Waals surface area contributed by atoms with Gasteiger partial charge in [-0.25, -0.2) is 0 Å². The molecule has 0 bridgehead atoms. The molecule has 0 saturated carbocycles. The lowest BCUT2D eigenvalue weighted by molar-refractivity contribution is -0.118. The van der Waals surface area contributed by atoms with Crippen molar-refractivity contribution in [3.05, 3.63) is 89.6 Å². The van der Waals surface area contributed by atoms with Crippen LogP contribution in [-0.2, 0) is 11.3 Å². The van der Waals surface area contributed by atoms with Crippen molar-refractivity contribution >= 4 is 34.1 Å². The number of hydrogen-bond donors (Lipinski definition) is 2. The topological polar surface area (TPSA) is 74.3 Å². The summed E-state index contributed by atoms with van der Waals surface area (Å²) in [6.45, 7) is 13.0. The van der Waals surface area contributed by atoms with Crippen molar-refractivity contribution in [3.63, 3.8) is 0 Å². The Morgan fingerprint density at radius 3 is 2.33 bits per heavy atom. The van der Waals surface area contributed by atoms with Gasteiger partial charge in [-0.15, -0.1) is 0 Å². The Labute approximate surface area is 237 Å². The summed E-state index contributed by atoms with van der Waals surface area (Å²) < 4.78 is 0. The highest BCUT2D eigenvalue weighted by molar-refractivity contribution is 6.06. The van der Waals surface area contributed by atoms with Crippen LogP contribution in [0.1, 0.15) is 62.0 Å². The van der Waals surface area contributed by atoms with Crippen molar-refractivity contribution in [2.24, 2.45) is 5.92 Å². The first-order valence-corrected chi connectivity index (χ1v) is 14.3. The quantitative estimate of drug-likeness (QED) is 0.254. The fourth-order valence-corrected chi connectivity index (χ4v) is 4.89. The van der Waals surface area contributed by atoms with Crippen LogP contribution in [0, 0.1) is 12.8 Å². The minimum absolute atomic E-state index is 0.0177. The van der Waals surface area contributed by atoms with E-state index in [9.17, 15) is 9.59 Å². The highest BCUT2D eigenvalue weighted by atomic mass is 16.2. The van der Waals surface area contributed by atoms with Crippen molar-refractivity contribution in [2.75, 3.05) is 23.7 Å². The number of amides is 2. The third kappa shape index (κ3) is 6.93. The number of hydrogen-bond acceptors (Lipinski definition) is 4. The van der Waals surface area contributed by atoms with Crippen LogP contribution in [0.4, 0.5) is 11.4 Å². The molecule has 0 radical (unpaired) electrons. The zero-order chi connectivity index (χ0) is 28.6. The molecule has 5 rings (SSSR count). The number of likely N-dealkylation sites (tertiary alicyclic amines) is 1. The second-order valence-electron chi connectivity index (χ2n) is 10.4. The summed E-state index contributed by atoms with van der Waals surface area (Å²) in [6, 6.07) is 21.4. The number of rotatable bonds is 7. The van der Waals surface area contributed by atoms with E-state index in [0.29, 0.717) is 5.56 Å². The first-order chi connectivity index (χ1) is 19.4. The van der Waals surface area contributed by atoms with E-state index in [1.807, 2.05) is 101 Å². The largest absolute Gasteiger partial charge is 0.326 e. The minimum atomic E-state index is -0.164. The number of aromatic nitrogens is 1. The van der Waals surface area contributed by atoms with Crippen molar-refractivity contribution in [1.29, 1.82) is 0 Å². The summed E-state index contributed by atoms with van der Waals surface area (Å²) in [4.78, 5) is 32.3. The summed E-state index contributed by atoms with van der Waals surface area (Å²) in [5, 5.41) is 7.08. The third-order valence-corrected chi connectivity index (χ3v) is 7.15. The average Bonchev–Trinajstić information content (AvgIpc) is 3.49. The monoisotopic (exact) mass is 536 g/mol. The van der Waals surface area contributed by atoms with Gasteiger partial charge in [0.1, 0.15) is 0 Å². The molecule has 1 aliphatic heterocycles. The lowest BCUT2D eigenvalue weighted by atomic mass is 10.0. The van der Waals surface area contributed by atoms with E-state index >= 15 is 0 Å². The molecule has 6 nitrogen and oxygen atoms in total. The number of anilines is 2. The Balaban J connectivity index is 0.00000181. The average molecular weight is 537 g/mol. The van der Waals surface area contributed by atoms with Crippen LogP contribution < -0.4 is 10.6 Å². The molecule has 1 saturated heterocycles. The zero-order valence-electron chi connectivity index (χ0n) is 24.3. The molecule has 1 aliphatic rings. The highest BCUT2D eigenvalue weighted by Gasteiger charge is 2.14. The summed E-state index contributed by atoms with van der Waals surface area (Å²) in [7, 11) is 0. The van der Waals surface area contributed by atoms with Gasteiger partial charge in [0.2, 0.25) is 5.91 Å². The van der Waals surface area contributed by atoms with E-state index in [2.05, 4.69) is 21.6 Å². The van der Waals surface area contributed by atoms with Crippen LogP contribution >= 0.6 is 0 Å². The van der Waals surface area contributed by atoms with Gasteiger partial charge in [0.05, 0.1) is 5.52 Å². The maximum atomic E-state index is 13.1. The fraction of sp³-hybridized carbons (Fsp3) is 0.324. The van der Waals surface area contributed by atoms with E-state index in [1.165, 1.54) is 18.4 Å². The molecule has 0 atom stereocenters. The molecule has 1 aromatic heterocycles. The molecule has 2 N–H and O–H groups in total. The molecule has 208 valence electrons. The van der Waals surface area contributed by atoms with Gasteiger partial charge in [-0.1, -0.05) is 58.0 Å². The lowest BCUT2D eigenvalue weighted by Gasteiger charge is -2.15. The SMILES string of the molecule is CC.Cc1c(NC(=O)c2ccc(-c3cccc(NC(=O)C(C)C)c3)cc2)ccc2cc(CN3CCCC3)cnc12. The normalized spacial score (nSPS) is 13.2. The van der Waals surface area contributed by atoms with Crippen molar-refractivity contribution in [2.45, 2.75) is 54.0 Å². The second kappa shape index (κ2) is 13.4. The predicted molar refractivity (Wildman–Crippen MR) is 166 cm³/mol. The van der Waals surface area contributed by atoms with Gasteiger partial charge in [-0.05, 0) is 91.5 Å². The molecule has 0 unspecified atom stereocenters. The minimum Gasteiger partial charge on any atom is -0.326 e.